The Labute approximate surface area is 194 Å². The van der Waals surface area contributed by atoms with Gasteiger partial charge < -0.3 is 10.2 Å². The number of nitrogens with zero attached hydrogens (tertiary/aromatic N) is 1. The predicted molar refractivity (Wildman–Crippen MR) is 132 cm³/mol. The normalized spacial score (nSPS) is 15.9. The second-order valence-electron chi connectivity index (χ2n) is 8.44. The molecular weight excluding hydrogens is 416 g/mol. The van der Waals surface area contributed by atoms with Crippen LogP contribution < -0.4 is 5.32 Å². The van der Waals surface area contributed by atoms with E-state index in [9.17, 15) is 9.59 Å². The van der Waals surface area contributed by atoms with E-state index in [1.54, 1.807) is 11.8 Å². The highest BCUT2D eigenvalue weighted by atomic mass is 32.2. The van der Waals surface area contributed by atoms with E-state index < -0.39 is 0 Å². The van der Waals surface area contributed by atoms with Gasteiger partial charge in [0.15, 0.2) is 0 Å². The standard InChI is InChI=1S/C27H28N2O2S/c1-18(2)23-11-7-8-19(3)25(23)28-26(31)21-12-14-22(15-13-21)27-29(24(30)17-32-27)16-20-9-5-4-6-10-20/h4-15,18,27H,16-17H2,1-3H3,(H,28,31)/t27-/m1/s1. The van der Waals surface area contributed by atoms with Crippen molar-refractivity contribution in [3.8, 4) is 0 Å². The molecule has 0 aromatic heterocycles. The maximum atomic E-state index is 13.0. The summed E-state index contributed by atoms with van der Waals surface area (Å²) in [5.41, 5.74) is 5.83. The SMILES string of the molecule is Cc1cccc(C(C)C)c1NC(=O)c1ccc([C@H]2SCC(=O)N2Cc2ccccc2)cc1. The van der Waals surface area contributed by atoms with E-state index in [1.165, 1.54) is 0 Å². The zero-order valence-corrected chi connectivity index (χ0v) is 19.5. The molecule has 1 saturated heterocycles. The van der Waals surface area contributed by atoms with Gasteiger partial charge in [-0.1, -0.05) is 74.5 Å². The van der Waals surface area contributed by atoms with Gasteiger partial charge >= 0.3 is 0 Å². The molecule has 0 spiro atoms. The van der Waals surface area contributed by atoms with Crippen molar-refractivity contribution in [2.24, 2.45) is 0 Å². The van der Waals surface area contributed by atoms with Gasteiger partial charge in [0.25, 0.3) is 5.91 Å². The second-order valence-corrected chi connectivity index (χ2v) is 9.51. The first-order chi connectivity index (χ1) is 15.4. The molecule has 164 valence electrons. The number of anilines is 1. The molecule has 1 fully saturated rings. The molecule has 1 aliphatic rings. The van der Waals surface area contributed by atoms with Crippen LogP contribution in [0.15, 0.2) is 72.8 Å². The van der Waals surface area contributed by atoms with Gasteiger partial charge in [-0.15, -0.1) is 11.8 Å². The van der Waals surface area contributed by atoms with E-state index in [1.807, 2.05) is 78.6 Å². The van der Waals surface area contributed by atoms with Crippen LogP contribution in [-0.2, 0) is 11.3 Å². The summed E-state index contributed by atoms with van der Waals surface area (Å²) >= 11 is 1.63. The van der Waals surface area contributed by atoms with Crippen LogP contribution in [0.2, 0.25) is 0 Å². The first kappa shape index (κ1) is 22.2. The van der Waals surface area contributed by atoms with Crippen LogP contribution in [-0.4, -0.2) is 22.5 Å². The molecule has 2 amide bonds. The predicted octanol–water partition coefficient (Wildman–Crippen LogP) is 6.14. The van der Waals surface area contributed by atoms with Crippen molar-refractivity contribution < 1.29 is 9.59 Å². The van der Waals surface area contributed by atoms with Crippen LogP contribution in [0.1, 0.15) is 57.8 Å². The van der Waals surface area contributed by atoms with E-state index in [-0.39, 0.29) is 17.2 Å². The minimum atomic E-state index is -0.121. The Morgan fingerprint density at radius 2 is 1.75 bits per heavy atom. The summed E-state index contributed by atoms with van der Waals surface area (Å²) in [6.45, 7) is 6.85. The number of hydrogen-bond acceptors (Lipinski definition) is 3. The Bertz CT molecular complexity index is 1110. The van der Waals surface area contributed by atoms with E-state index >= 15 is 0 Å². The third-order valence-electron chi connectivity index (χ3n) is 5.79. The Morgan fingerprint density at radius 3 is 2.44 bits per heavy atom. The molecule has 1 atom stereocenters. The average Bonchev–Trinajstić information content (AvgIpc) is 3.15. The van der Waals surface area contributed by atoms with Crippen molar-refractivity contribution in [3.05, 3.63) is 101 Å². The summed E-state index contributed by atoms with van der Waals surface area (Å²) in [5.74, 6) is 0.820. The van der Waals surface area contributed by atoms with E-state index in [2.05, 4.69) is 25.2 Å². The van der Waals surface area contributed by atoms with Crippen molar-refractivity contribution in [2.75, 3.05) is 11.1 Å². The first-order valence-corrected chi connectivity index (χ1v) is 11.9. The lowest BCUT2D eigenvalue weighted by molar-refractivity contribution is -0.128. The van der Waals surface area contributed by atoms with Crippen LogP contribution in [0.5, 0.6) is 0 Å². The van der Waals surface area contributed by atoms with E-state index in [0.29, 0.717) is 23.8 Å². The summed E-state index contributed by atoms with van der Waals surface area (Å²) in [6, 6.07) is 23.8. The molecule has 1 N–H and O–H groups in total. The van der Waals surface area contributed by atoms with Crippen LogP contribution >= 0.6 is 11.8 Å². The topological polar surface area (TPSA) is 49.4 Å². The highest BCUT2D eigenvalue weighted by Crippen LogP contribution is 2.39. The quantitative estimate of drug-likeness (QED) is 0.496. The fraction of sp³-hybridized carbons (Fsp3) is 0.259. The Morgan fingerprint density at radius 1 is 1.03 bits per heavy atom. The Kier molecular flexibility index (Phi) is 6.66. The number of benzene rings is 3. The number of carbonyl (C=O) groups is 2. The minimum absolute atomic E-state index is 0.0382. The summed E-state index contributed by atoms with van der Waals surface area (Å²) in [5, 5.41) is 3.07. The molecule has 0 aliphatic carbocycles. The van der Waals surface area contributed by atoms with Crippen molar-refractivity contribution in [1.82, 2.24) is 4.90 Å². The molecule has 0 saturated carbocycles. The lowest BCUT2D eigenvalue weighted by Crippen LogP contribution is -2.27. The zero-order valence-electron chi connectivity index (χ0n) is 18.7. The van der Waals surface area contributed by atoms with Gasteiger partial charge in [0, 0.05) is 17.8 Å². The lowest BCUT2D eigenvalue weighted by Gasteiger charge is -2.24. The maximum absolute atomic E-state index is 13.0. The van der Waals surface area contributed by atoms with Crippen LogP contribution in [0.3, 0.4) is 0 Å². The molecular formula is C27H28N2O2S. The third kappa shape index (κ3) is 4.73. The van der Waals surface area contributed by atoms with Gasteiger partial charge in [0.2, 0.25) is 5.91 Å². The van der Waals surface area contributed by atoms with Crippen molar-refractivity contribution in [3.63, 3.8) is 0 Å². The van der Waals surface area contributed by atoms with E-state index in [0.717, 1.165) is 27.9 Å². The fourth-order valence-corrected chi connectivity index (χ4v) is 5.20. The van der Waals surface area contributed by atoms with Crippen molar-refractivity contribution in [1.29, 1.82) is 0 Å². The van der Waals surface area contributed by atoms with Gasteiger partial charge in [-0.3, -0.25) is 9.59 Å². The van der Waals surface area contributed by atoms with Crippen molar-refractivity contribution >= 4 is 29.3 Å². The zero-order chi connectivity index (χ0) is 22.7. The van der Waals surface area contributed by atoms with E-state index in [4.69, 9.17) is 0 Å². The number of hydrogen-bond donors (Lipinski definition) is 1. The monoisotopic (exact) mass is 444 g/mol. The molecule has 0 unspecified atom stereocenters. The number of carbonyl (C=O) groups excluding carboxylic acids is 2. The number of amides is 2. The molecule has 3 aromatic rings. The summed E-state index contributed by atoms with van der Waals surface area (Å²) in [6.07, 6.45) is 0. The minimum Gasteiger partial charge on any atom is -0.322 e. The highest BCUT2D eigenvalue weighted by molar-refractivity contribution is 8.00. The van der Waals surface area contributed by atoms with Crippen LogP contribution in [0.4, 0.5) is 5.69 Å². The molecule has 1 heterocycles. The van der Waals surface area contributed by atoms with Gasteiger partial charge in [0.1, 0.15) is 5.37 Å². The fourth-order valence-electron chi connectivity index (χ4n) is 4.01. The van der Waals surface area contributed by atoms with Gasteiger partial charge in [-0.25, -0.2) is 0 Å². The molecule has 4 nitrogen and oxygen atoms in total. The smallest absolute Gasteiger partial charge is 0.255 e. The molecule has 0 radical (unpaired) electrons. The Balaban J connectivity index is 1.51. The largest absolute Gasteiger partial charge is 0.322 e. The summed E-state index contributed by atoms with van der Waals surface area (Å²) < 4.78 is 0. The van der Waals surface area contributed by atoms with Crippen LogP contribution in [0.25, 0.3) is 0 Å². The second kappa shape index (κ2) is 9.61. The Hall–Kier alpha value is -3.05. The van der Waals surface area contributed by atoms with Gasteiger partial charge in [0.05, 0.1) is 5.75 Å². The number of aryl methyl sites for hydroxylation is 1. The summed E-state index contributed by atoms with van der Waals surface area (Å²) in [4.78, 5) is 27.4. The summed E-state index contributed by atoms with van der Waals surface area (Å²) in [7, 11) is 0. The number of nitrogens with one attached hydrogen (secondary N) is 1. The molecule has 3 aromatic carbocycles. The maximum Gasteiger partial charge on any atom is 0.255 e. The molecule has 1 aliphatic heterocycles. The van der Waals surface area contributed by atoms with Crippen molar-refractivity contribution in [2.45, 2.75) is 38.6 Å². The number of rotatable bonds is 6. The average molecular weight is 445 g/mol. The highest BCUT2D eigenvalue weighted by Gasteiger charge is 2.32. The molecule has 32 heavy (non-hydrogen) atoms. The van der Waals surface area contributed by atoms with Crippen LogP contribution in [0, 0.1) is 6.92 Å². The third-order valence-corrected chi connectivity index (χ3v) is 7.04. The number of para-hydroxylation sites is 1. The lowest BCUT2D eigenvalue weighted by atomic mass is 9.98. The van der Waals surface area contributed by atoms with Gasteiger partial charge in [-0.2, -0.15) is 0 Å². The molecule has 4 rings (SSSR count). The number of thioether (sulfide) groups is 1. The molecule has 0 bridgehead atoms. The first-order valence-electron chi connectivity index (χ1n) is 10.9. The van der Waals surface area contributed by atoms with Gasteiger partial charge in [-0.05, 0) is 47.2 Å². The molecule has 5 heteroatoms.